The van der Waals surface area contributed by atoms with E-state index in [1.54, 1.807) is 48.5 Å². The van der Waals surface area contributed by atoms with Crippen LogP contribution in [-0.4, -0.2) is 29.6 Å². The van der Waals surface area contributed by atoms with E-state index in [4.69, 9.17) is 4.74 Å². The summed E-state index contributed by atoms with van der Waals surface area (Å²) in [5.74, 6) is -1.04. The molecule has 3 aromatic carbocycles. The molecule has 0 bridgehead atoms. The number of benzene rings is 3. The summed E-state index contributed by atoms with van der Waals surface area (Å²) < 4.78 is 5.05. The molecule has 0 radical (unpaired) electrons. The van der Waals surface area contributed by atoms with Crippen LogP contribution in [0.5, 0.6) is 0 Å². The van der Waals surface area contributed by atoms with Gasteiger partial charge in [-0.25, -0.2) is 4.79 Å². The van der Waals surface area contributed by atoms with Crippen LogP contribution < -0.4 is 10.7 Å². The molecule has 0 fully saturated rings. The van der Waals surface area contributed by atoms with Gasteiger partial charge in [0.1, 0.15) is 0 Å². The lowest BCUT2D eigenvalue weighted by molar-refractivity contribution is -0.384. The summed E-state index contributed by atoms with van der Waals surface area (Å²) in [5.41, 5.74) is 6.07. The van der Waals surface area contributed by atoms with Crippen molar-refractivity contribution < 1.29 is 19.2 Å². The molecule has 2 N–H and O–H groups in total. The third-order valence-corrected chi connectivity index (χ3v) is 4.30. The SMILES string of the molecule is Cc1ccc(NC(=O)COC(=O)c2ccc(/C=N/Nc3ccc([N+](=O)[O-])cc3)cc2)cc1. The molecule has 32 heavy (non-hydrogen) atoms. The van der Waals surface area contributed by atoms with Gasteiger partial charge >= 0.3 is 5.97 Å². The van der Waals surface area contributed by atoms with Crippen molar-refractivity contribution >= 4 is 35.2 Å². The van der Waals surface area contributed by atoms with Crippen LogP contribution in [0, 0.1) is 17.0 Å². The van der Waals surface area contributed by atoms with Crippen molar-refractivity contribution in [2.75, 3.05) is 17.3 Å². The van der Waals surface area contributed by atoms with Crippen LogP contribution in [0.1, 0.15) is 21.5 Å². The van der Waals surface area contributed by atoms with Crippen molar-refractivity contribution in [1.82, 2.24) is 0 Å². The number of nitro groups is 1. The number of carbonyl (C=O) groups is 2. The number of hydrogen-bond donors (Lipinski definition) is 2. The molecule has 0 aromatic heterocycles. The predicted molar refractivity (Wildman–Crippen MR) is 121 cm³/mol. The van der Waals surface area contributed by atoms with Crippen LogP contribution in [0.2, 0.25) is 0 Å². The van der Waals surface area contributed by atoms with Gasteiger partial charge in [0.05, 0.1) is 22.4 Å². The summed E-state index contributed by atoms with van der Waals surface area (Å²) in [6, 6.07) is 19.6. The number of rotatable bonds is 8. The van der Waals surface area contributed by atoms with Crippen molar-refractivity contribution in [3.8, 4) is 0 Å². The Morgan fingerprint density at radius 3 is 2.22 bits per heavy atom. The van der Waals surface area contributed by atoms with Crippen molar-refractivity contribution in [1.29, 1.82) is 0 Å². The number of amides is 1. The first-order valence-corrected chi connectivity index (χ1v) is 9.58. The predicted octanol–water partition coefficient (Wildman–Crippen LogP) is 4.14. The summed E-state index contributed by atoms with van der Waals surface area (Å²) in [7, 11) is 0. The fourth-order valence-electron chi connectivity index (χ4n) is 2.59. The minimum atomic E-state index is -0.614. The molecule has 162 valence electrons. The first kappa shape index (κ1) is 22.2. The third-order valence-electron chi connectivity index (χ3n) is 4.30. The highest BCUT2D eigenvalue weighted by atomic mass is 16.6. The van der Waals surface area contributed by atoms with Crippen molar-refractivity contribution in [3.05, 3.63) is 99.6 Å². The number of hydrogen-bond acceptors (Lipinski definition) is 7. The maximum Gasteiger partial charge on any atom is 0.338 e. The van der Waals surface area contributed by atoms with Gasteiger partial charge in [0.15, 0.2) is 6.61 Å². The van der Waals surface area contributed by atoms with Gasteiger partial charge in [-0.2, -0.15) is 5.10 Å². The second kappa shape index (κ2) is 10.5. The number of esters is 1. The molecule has 0 aliphatic heterocycles. The molecule has 0 spiro atoms. The van der Waals surface area contributed by atoms with Gasteiger partial charge in [-0.3, -0.25) is 20.3 Å². The topological polar surface area (TPSA) is 123 Å². The van der Waals surface area contributed by atoms with Crippen molar-refractivity contribution in [2.24, 2.45) is 5.10 Å². The fraction of sp³-hybridized carbons (Fsp3) is 0.0870. The molecule has 0 unspecified atom stereocenters. The fourth-order valence-corrected chi connectivity index (χ4v) is 2.59. The molecule has 0 saturated heterocycles. The van der Waals surface area contributed by atoms with Crippen LogP contribution >= 0.6 is 0 Å². The number of hydrazone groups is 1. The summed E-state index contributed by atoms with van der Waals surface area (Å²) in [6.07, 6.45) is 1.53. The highest BCUT2D eigenvalue weighted by Crippen LogP contribution is 2.15. The minimum absolute atomic E-state index is 0.00497. The standard InChI is InChI=1S/C23H20N4O5/c1-16-2-8-19(9-3-16)25-22(28)15-32-23(29)18-6-4-17(5-7-18)14-24-26-20-10-12-21(13-11-20)27(30)31/h2-14,26H,15H2,1H3,(H,25,28)/b24-14+. The molecule has 9 heteroatoms. The molecule has 3 aromatic rings. The number of nitro benzene ring substituents is 1. The van der Waals surface area contributed by atoms with E-state index >= 15 is 0 Å². The van der Waals surface area contributed by atoms with Crippen molar-refractivity contribution in [2.45, 2.75) is 6.92 Å². The van der Waals surface area contributed by atoms with Gasteiger partial charge in [0.25, 0.3) is 11.6 Å². The second-order valence-electron chi connectivity index (χ2n) is 6.79. The molecule has 0 atom stereocenters. The van der Waals surface area contributed by atoms with E-state index in [9.17, 15) is 19.7 Å². The summed E-state index contributed by atoms with van der Waals surface area (Å²) in [4.78, 5) is 34.2. The molecular weight excluding hydrogens is 412 g/mol. The highest BCUT2D eigenvalue weighted by Gasteiger charge is 2.10. The van der Waals surface area contributed by atoms with Gasteiger partial charge in [-0.05, 0) is 48.9 Å². The van der Waals surface area contributed by atoms with E-state index in [0.29, 0.717) is 22.5 Å². The number of anilines is 2. The zero-order valence-corrected chi connectivity index (χ0v) is 17.1. The lowest BCUT2D eigenvalue weighted by atomic mass is 10.1. The molecule has 0 saturated carbocycles. The number of carbonyl (C=O) groups excluding carboxylic acids is 2. The summed E-state index contributed by atoms with van der Waals surface area (Å²) in [5, 5.41) is 17.4. The largest absolute Gasteiger partial charge is 0.452 e. The Kier molecular flexibility index (Phi) is 7.26. The van der Waals surface area contributed by atoms with Gasteiger partial charge < -0.3 is 10.1 Å². The average molecular weight is 432 g/mol. The first-order chi connectivity index (χ1) is 15.4. The number of nitrogens with zero attached hydrogens (tertiary/aromatic N) is 2. The van der Waals surface area contributed by atoms with Crippen LogP contribution in [0.25, 0.3) is 0 Å². The van der Waals surface area contributed by atoms with E-state index in [-0.39, 0.29) is 5.69 Å². The van der Waals surface area contributed by atoms with Crippen molar-refractivity contribution in [3.63, 3.8) is 0 Å². The minimum Gasteiger partial charge on any atom is -0.452 e. The third kappa shape index (κ3) is 6.49. The Morgan fingerprint density at radius 1 is 0.969 bits per heavy atom. The van der Waals surface area contributed by atoms with E-state index in [0.717, 1.165) is 5.56 Å². The Morgan fingerprint density at radius 2 is 1.59 bits per heavy atom. The normalized spacial score (nSPS) is 10.5. The Hall–Kier alpha value is -4.53. The van der Waals surface area contributed by atoms with E-state index in [1.807, 2.05) is 19.1 Å². The average Bonchev–Trinajstić information content (AvgIpc) is 2.80. The molecule has 0 aliphatic carbocycles. The van der Waals surface area contributed by atoms with Gasteiger partial charge in [-0.1, -0.05) is 29.8 Å². The zero-order chi connectivity index (χ0) is 22.9. The molecule has 0 heterocycles. The number of nitrogens with one attached hydrogen (secondary N) is 2. The van der Waals surface area contributed by atoms with Gasteiger partial charge in [0.2, 0.25) is 0 Å². The van der Waals surface area contributed by atoms with E-state index in [2.05, 4.69) is 15.8 Å². The van der Waals surface area contributed by atoms with E-state index < -0.39 is 23.4 Å². The van der Waals surface area contributed by atoms with Crippen LogP contribution in [0.3, 0.4) is 0 Å². The Balaban J connectivity index is 1.47. The smallest absolute Gasteiger partial charge is 0.338 e. The summed E-state index contributed by atoms with van der Waals surface area (Å²) in [6.45, 7) is 1.55. The second-order valence-corrected chi connectivity index (χ2v) is 6.79. The Bertz CT molecular complexity index is 1120. The number of ether oxygens (including phenoxy) is 1. The maximum absolute atomic E-state index is 12.1. The lowest BCUT2D eigenvalue weighted by Crippen LogP contribution is -2.20. The maximum atomic E-state index is 12.1. The van der Waals surface area contributed by atoms with Crippen LogP contribution in [0.15, 0.2) is 77.9 Å². The highest BCUT2D eigenvalue weighted by molar-refractivity contribution is 5.95. The molecule has 3 rings (SSSR count). The summed E-state index contributed by atoms with van der Waals surface area (Å²) >= 11 is 0. The molecule has 9 nitrogen and oxygen atoms in total. The first-order valence-electron chi connectivity index (χ1n) is 9.58. The number of non-ortho nitro benzene ring substituents is 1. The molecule has 0 aliphatic rings. The molecule has 1 amide bonds. The quantitative estimate of drug-likeness (QED) is 0.239. The van der Waals surface area contributed by atoms with Crippen LogP contribution in [0.4, 0.5) is 17.1 Å². The lowest BCUT2D eigenvalue weighted by Gasteiger charge is -2.07. The monoisotopic (exact) mass is 432 g/mol. The number of aryl methyl sites for hydroxylation is 1. The molecular formula is C23H20N4O5. The van der Waals surface area contributed by atoms with Gasteiger partial charge in [-0.15, -0.1) is 0 Å². The van der Waals surface area contributed by atoms with Crippen LogP contribution in [-0.2, 0) is 9.53 Å². The van der Waals surface area contributed by atoms with E-state index in [1.165, 1.54) is 18.3 Å². The van der Waals surface area contributed by atoms with Gasteiger partial charge in [0, 0.05) is 17.8 Å². The zero-order valence-electron chi connectivity index (χ0n) is 17.1. The Labute approximate surface area is 183 Å².